The Morgan fingerprint density at radius 3 is 3.00 bits per heavy atom. The second kappa shape index (κ2) is 6.74. The molecule has 1 amide bonds. The average Bonchev–Trinajstić information content (AvgIpc) is 3.13. The highest BCUT2D eigenvalue weighted by atomic mass is 19.1. The molecule has 4 rings (SSSR count). The van der Waals surface area contributed by atoms with Crippen LogP contribution in [-0.2, 0) is 11.2 Å². The lowest BCUT2D eigenvalue weighted by Gasteiger charge is -2.36. The number of carbonyl (C=O) groups is 1. The standard InChI is InChI=1S/C19H19FN4O2/c20-14-6-2-1-5-13(14)11-17(25)23-9-4-3-7-16(23)15-12-18(26)24-10-8-21-19(24)22-15/h1-2,5-6,8,10,12,16H,3-4,7,9,11H2,(H,21,22)/t16-/m0/s1. The van der Waals surface area contributed by atoms with Gasteiger partial charge in [0.15, 0.2) is 0 Å². The molecule has 1 aromatic carbocycles. The number of aromatic amines is 1. The maximum Gasteiger partial charge on any atom is 0.259 e. The molecule has 7 heteroatoms. The minimum atomic E-state index is -0.373. The molecular formula is C19H19FN4O2. The molecule has 1 fully saturated rings. The average molecular weight is 354 g/mol. The Morgan fingerprint density at radius 1 is 1.31 bits per heavy atom. The largest absolute Gasteiger partial charge is 0.334 e. The zero-order valence-electron chi connectivity index (χ0n) is 14.2. The van der Waals surface area contributed by atoms with E-state index in [1.807, 2.05) is 0 Å². The molecule has 1 aliphatic rings. The Labute approximate surface area is 149 Å². The third-order valence-electron chi connectivity index (χ3n) is 4.89. The van der Waals surface area contributed by atoms with Gasteiger partial charge in [-0.25, -0.2) is 9.37 Å². The highest BCUT2D eigenvalue weighted by Gasteiger charge is 2.29. The zero-order valence-corrected chi connectivity index (χ0v) is 14.2. The number of halogens is 1. The van der Waals surface area contributed by atoms with Gasteiger partial charge in [-0.1, -0.05) is 18.2 Å². The quantitative estimate of drug-likeness (QED) is 0.785. The molecule has 2 aromatic heterocycles. The molecule has 1 atom stereocenters. The summed E-state index contributed by atoms with van der Waals surface area (Å²) in [5.74, 6) is -0.0509. The normalized spacial score (nSPS) is 17.6. The molecule has 0 unspecified atom stereocenters. The Morgan fingerprint density at radius 2 is 2.15 bits per heavy atom. The summed E-state index contributed by atoms with van der Waals surface area (Å²) < 4.78 is 15.3. The predicted octanol–water partition coefficient (Wildman–Crippen LogP) is 2.46. The van der Waals surface area contributed by atoms with Crippen LogP contribution in [0.5, 0.6) is 0 Å². The number of hydrogen-bond acceptors (Lipinski definition) is 3. The van der Waals surface area contributed by atoms with Crippen LogP contribution in [0.1, 0.15) is 36.6 Å². The van der Waals surface area contributed by atoms with Gasteiger partial charge >= 0.3 is 0 Å². The summed E-state index contributed by atoms with van der Waals surface area (Å²) in [6.07, 6.45) is 5.79. The van der Waals surface area contributed by atoms with Gasteiger partial charge < -0.3 is 9.88 Å². The van der Waals surface area contributed by atoms with E-state index in [0.717, 1.165) is 19.3 Å². The first-order valence-corrected chi connectivity index (χ1v) is 8.72. The van der Waals surface area contributed by atoms with Crippen molar-refractivity contribution in [1.82, 2.24) is 19.3 Å². The van der Waals surface area contributed by atoms with E-state index in [0.29, 0.717) is 23.6 Å². The maximum absolute atomic E-state index is 13.9. The number of carbonyl (C=O) groups excluding carboxylic acids is 1. The Kier molecular flexibility index (Phi) is 4.28. The highest BCUT2D eigenvalue weighted by Crippen LogP contribution is 2.30. The molecule has 3 aromatic rings. The van der Waals surface area contributed by atoms with Crippen LogP contribution < -0.4 is 5.56 Å². The van der Waals surface area contributed by atoms with Crippen LogP contribution >= 0.6 is 0 Å². The third kappa shape index (κ3) is 3.00. The Bertz CT molecular complexity index is 1010. The molecule has 0 bridgehead atoms. The number of likely N-dealkylation sites (tertiary alicyclic amines) is 1. The summed E-state index contributed by atoms with van der Waals surface area (Å²) in [7, 11) is 0. The van der Waals surface area contributed by atoms with E-state index in [2.05, 4.69) is 9.97 Å². The van der Waals surface area contributed by atoms with Gasteiger partial charge in [0.05, 0.1) is 12.5 Å². The number of imidazole rings is 1. The van der Waals surface area contributed by atoms with Gasteiger partial charge in [-0.15, -0.1) is 0 Å². The van der Waals surface area contributed by atoms with Crippen LogP contribution in [0.25, 0.3) is 5.78 Å². The van der Waals surface area contributed by atoms with Gasteiger partial charge in [-0.05, 0) is 30.9 Å². The van der Waals surface area contributed by atoms with Crippen LogP contribution in [0.15, 0.2) is 47.5 Å². The van der Waals surface area contributed by atoms with Gasteiger partial charge in [0.25, 0.3) is 5.56 Å². The van der Waals surface area contributed by atoms with Crippen molar-refractivity contribution in [2.75, 3.05) is 6.54 Å². The molecule has 1 saturated heterocycles. The SMILES string of the molecule is O=C(Cc1ccccc1F)N1CCCC[C@H]1c1cc(=O)n2ccnc2[nH]1. The van der Waals surface area contributed by atoms with Gasteiger partial charge in [0.1, 0.15) is 5.82 Å². The van der Waals surface area contributed by atoms with Crippen molar-refractivity contribution in [3.8, 4) is 0 Å². The molecule has 1 aliphatic heterocycles. The van der Waals surface area contributed by atoms with Gasteiger partial charge in [0, 0.05) is 30.7 Å². The smallest absolute Gasteiger partial charge is 0.259 e. The number of nitrogens with zero attached hydrogens (tertiary/aromatic N) is 3. The van der Waals surface area contributed by atoms with E-state index in [4.69, 9.17) is 0 Å². The van der Waals surface area contributed by atoms with Crippen molar-refractivity contribution in [3.05, 3.63) is 70.2 Å². The monoisotopic (exact) mass is 354 g/mol. The number of aromatic nitrogens is 3. The third-order valence-corrected chi connectivity index (χ3v) is 4.89. The number of rotatable bonds is 3. The number of fused-ring (bicyclic) bond motifs is 1. The molecule has 1 N–H and O–H groups in total. The maximum atomic E-state index is 13.9. The van der Waals surface area contributed by atoms with Gasteiger partial charge in [-0.2, -0.15) is 0 Å². The number of H-pyrrole nitrogens is 1. The fourth-order valence-electron chi connectivity index (χ4n) is 3.58. The van der Waals surface area contributed by atoms with Crippen molar-refractivity contribution in [3.63, 3.8) is 0 Å². The van der Waals surface area contributed by atoms with Crippen LogP contribution in [0.3, 0.4) is 0 Å². The van der Waals surface area contributed by atoms with Crippen molar-refractivity contribution in [2.45, 2.75) is 31.7 Å². The molecule has 0 radical (unpaired) electrons. The summed E-state index contributed by atoms with van der Waals surface area (Å²) in [5.41, 5.74) is 0.882. The van der Waals surface area contributed by atoms with Crippen molar-refractivity contribution >= 4 is 11.7 Å². The molecule has 26 heavy (non-hydrogen) atoms. The van der Waals surface area contributed by atoms with Crippen LogP contribution in [0, 0.1) is 5.82 Å². The molecular weight excluding hydrogens is 335 g/mol. The molecule has 6 nitrogen and oxygen atoms in total. The molecule has 134 valence electrons. The summed E-state index contributed by atoms with van der Waals surface area (Å²) >= 11 is 0. The van der Waals surface area contributed by atoms with E-state index in [1.54, 1.807) is 35.5 Å². The van der Waals surface area contributed by atoms with Crippen molar-refractivity contribution in [2.24, 2.45) is 0 Å². The number of hydrogen-bond donors (Lipinski definition) is 1. The number of amides is 1. The first-order valence-electron chi connectivity index (χ1n) is 8.72. The van der Waals surface area contributed by atoms with Gasteiger partial charge in [-0.3, -0.25) is 14.0 Å². The number of nitrogens with one attached hydrogen (secondary N) is 1. The zero-order chi connectivity index (χ0) is 18.1. The lowest BCUT2D eigenvalue weighted by Crippen LogP contribution is -2.40. The minimum absolute atomic E-state index is 0.0129. The predicted molar refractivity (Wildman–Crippen MR) is 94.2 cm³/mol. The summed E-state index contributed by atoms with van der Waals surface area (Å²) in [6, 6.07) is 7.62. The van der Waals surface area contributed by atoms with E-state index in [1.165, 1.54) is 16.5 Å². The van der Waals surface area contributed by atoms with E-state index >= 15 is 0 Å². The first kappa shape index (κ1) is 16.5. The number of benzene rings is 1. The molecule has 0 spiro atoms. The summed E-state index contributed by atoms with van der Waals surface area (Å²) in [4.78, 5) is 34.2. The number of piperidine rings is 1. The minimum Gasteiger partial charge on any atom is -0.334 e. The van der Waals surface area contributed by atoms with Crippen LogP contribution in [0.4, 0.5) is 4.39 Å². The second-order valence-electron chi connectivity index (χ2n) is 6.55. The Balaban J connectivity index is 1.64. The van der Waals surface area contributed by atoms with E-state index in [9.17, 15) is 14.0 Å². The molecule has 3 heterocycles. The lowest BCUT2D eigenvalue weighted by molar-refractivity contribution is -0.134. The molecule has 0 saturated carbocycles. The molecule has 0 aliphatic carbocycles. The summed E-state index contributed by atoms with van der Waals surface area (Å²) in [6.45, 7) is 0.597. The van der Waals surface area contributed by atoms with Crippen molar-refractivity contribution in [1.29, 1.82) is 0 Å². The van der Waals surface area contributed by atoms with E-state index in [-0.39, 0.29) is 29.7 Å². The van der Waals surface area contributed by atoms with Crippen LogP contribution in [0.2, 0.25) is 0 Å². The van der Waals surface area contributed by atoms with Crippen LogP contribution in [-0.4, -0.2) is 31.7 Å². The highest BCUT2D eigenvalue weighted by molar-refractivity contribution is 5.79. The summed E-state index contributed by atoms with van der Waals surface area (Å²) in [5, 5.41) is 0. The van der Waals surface area contributed by atoms with Gasteiger partial charge in [0.2, 0.25) is 11.7 Å². The van der Waals surface area contributed by atoms with Crippen molar-refractivity contribution < 1.29 is 9.18 Å². The first-order chi connectivity index (χ1) is 12.6. The topological polar surface area (TPSA) is 70.5 Å². The fraction of sp³-hybridized carbons (Fsp3) is 0.316. The fourth-order valence-corrected chi connectivity index (χ4v) is 3.58. The Hall–Kier alpha value is -2.96. The lowest BCUT2D eigenvalue weighted by atomic mass is 9.98. The second-order valence-corrected chi connectivity index (χ2v) is 6.55. The van der Waals surface area contributed by atoms with E-state index < -0.39 is 0 Å².